The zero-order chi connectivity index (χ0) is 11.9. The van der Waals surface area contributed by atoms with Gasteiger partial charge in [-0.1, -0.05) is 6.07 Å². The van der Waals surface area contributed by atoms with Crippen LogP contribution in [0.1, 0.15) is 11.1 Å². The van der Waals surface area contributed by atoms with Crippen LogP contribution in [-0.4, -0.2) is 17.0 Å². The summed E-state index contributed by atoms with van der Waals surface area (Å²) < 4.78 is 36.6. The summed E-state index contributed by atoms with van der Waals surface area (Å²) in [5.41, 5.74) is 1.47. The molecule has 1 heterocycles. The van der Waals surface area contributed by atoms with Crippen LogP contribution in [0.15, 0.2) is 23.1 Å². The topological polar surface area (TPSA) is 20.3 Å². The number of alkyl halides is 3. The fourth-order valence-corrected chi connectivity index (χ4v) is 1.93. The molecule has 0 unspecified atom stereocenters. The average Bonchev–Trinajstić information content (AvgIpc) is 2.57. The predicted octanol–water partition coefficient (Wildman–Crippen LogP) is 2.38. The predicted molar refractivity (Wildman–Crippen MR) is 54.0 cm³/mol. The molecule has 0 radical (unpaired) electrons. The van der Waals surface area contributed by atoms with Gasteiger partial charge in [-0.25, -0.2) is 0 Å². The number of hydrogen-bond acceptors (Lipinski definition) is 2. The lowest BCUT2D eigenvalue weighted by Gasteiger charge is -2.16. The van der Waals surface area contributed by atoms with Crippen LogP contribution in [0.4, 0.5) is 13.2 Å². The summed E-state index contributed by atoms with van der Waals surface area (Å²) in [5, 5.41) is 0. The van der Waals surface area contributed by atoms with E-state index in [0.29, 0.717) is 4.90 Å². The highest BCUT2D eigenvalue weighted by atomic mass is 32.1. The molecule has 0 aliphatic carbocycles. The Morgan fingerprint density at radius 2 is 1.88 bits per heavy atom. The molecule has 86 valence electrons. The van der Waals surface area contributed by atoms with Crippen molar-refractivity contribution in [3.63, 3.8) is 0 Å². The molecular formula is C10H8F3NOS. The molecule has 0 saturated heterocycles. The normalized spacial score (nSPS) is 15.1. The molecular weight excluding hydrogens is 239 g/mol. The van der Waals surface area contributed by atoms with Gasteiger partial charge in [0.15, 0.2) is 0 Å². The maximum Gasteiger partial charge on any atom is 0.471 e. The number of carbonyl (C=O) groups is 1. The second kappa shape index (κ2) is 3.69. The monoisotopic (exact) mass is 247 g/mol. The van der Waals surface area contributed by atoms with Gasteiger partial charge in [-0.15, -0.1) is 12.6 Å². The summed E-state index contributed by atoms with van der Waals surface area (Å²) in [6.45, 7) is 0.0177. The maximum atomic E-state index is 12.2. The van der Waals surface area contributed by atoms with Gasteiger partial charge in [0.2, 0.25) is 0 Å². The minimum absolute atomic E-state index is 0.00206. The Kier molecular flexibility index (Phi) is 2.61. The number of fused-ring (bicyclic) bond motifs is 1. The molecule has 0 aromatic heterocycles. The highest BCUT2D eigenvalue weighted by Crippen LogP contribution is 2.29. The van der Waals surface area contributed by atoms with E-state index < -0.39 is 12.1 Å². The van der Waals surface area contributed by atoms with Gasteiger partial charge in [0, 0.05) is 18.0 Å². The fourth-order valence-electron chi connectivity index (χ4n) is 1.70. The van der Waals surface area contributed by atoms with Crippen molar-refractivity contribution in [2.45, 2.75) is 24.2 Å². The van der Waals surface area contributed by atoms with Crippen molar-refractivity contribution in [3.8, 4) is 0 Å². The number of thiol groups is 1. The van der Waals surface area contributed by atoms with Crippen LogP contribution in [0.25, 0.3) is 0 Å². The Labute approximate surface area is 95.5 Å². The van der Waals surface area contributed by atoms with Crippen LogP contribution in [-0.2, 0) is 17.9 Å². The molecule has 0 atom stereocenters. The van der Waals surface area contributed by atoms with Crippen LogP contribution >= 0.6 is 12.6 Å². The van der Waals surface area contributed by atoms with E-state index in [-0.39, 0.29) is 13.1 Å². The second-order valence-electron chi connectivity index (χ2n) is 3.61. The molecule has 0 saturated carbocycles. The summed E-state index contributed by atoms with van der Waals surface area (Å²) in [5.74, 6) is -1.79. The van der Waals surface area contributed by atoms with Gasteiger partial charge in [0.25, 0.3) is 0 Å². The summed E-state index contributed by atoms with van der Waals surface area (Å²) in [7, 11) is 0. The summed E-state index contributed by atoms with van der Waals surface area (Å²) >= 11 is 4.10. The Bertz CT molecular complexity index is 444. The molecule has 1 aliphatic heterocycles. The van der Waals surface area contributed by atoms with E-state index in [1.807, 2.05) is 0 Å². The highest BCUT2D eigenvalue weighted by molar-refractivity contribution is 7.80. The molecule has 0 N–H and O–H groups in total. The van der Waals surface area contributed by atoms with Crippen LogP contribution in [0.2, 0.25) is 0 Å². The molecule has 1 amide bonds. The highest BCUT2D eigenvalue weighted by Gasteiger charge is 2.43. The van der Waals surface area contributed by atoms with Crippen molar-refractivity contribution >= 4 is 18.5 Å². The quantitative estimate of drug-likeness (QED) is 0.698. The van der Waals surface area contributed by atoms with E-state index in [9.17, 15) is 18.0 Å². The Hall–Kier alpha value is -1.17. The first-order chi connectivity index (χ1) is 7.38. The van der Waals surface area contributed by atoms with E-state index in [4.69, 9.17) is 0 Å². The molecule has 1 aromatic rings. The maximum absolute atomic E-state index is 12.2. The minimum Gasteiger partial charge on any atom is -0.326 e. The Morgan fingerprint density at radius 1 is 1.25 bits per heavy atom. The van der Waals surface area contributed by atoms with E-state index in [2.05, 4.69) is 12.6 Å². The molecule has 16 heavy (non-hydrogen) atoms. The summed E-state index contributed by atoms with van der Waals surface area (Å²) in [6.07, 6.45) is -4.80. The van der Waals surface area contributed by atoms with Crippen molar-refractivity contribution < 1.29 is 18.0 Å². The third-order valence-corrected chi connectivity index (χ3v) is 2.72. The van der Waals surface area contributed by atoms with E-state index in [0.717, 1.165) is 16.0 Å². The first kappa shape index (κ1) is 11.3. The smallest absolute Gasteiger partial charge is 0.326 e. The lowest BCUT2D eigenvalue weighted by atomic mass is 10.1. The van der Waals surface area contributed by atoms with Crippen molar-refractivity contribution in [3.05, 3.63) is 29.3 Å². The summed E-state index contributed by atoms with van der Waals surface area (Å²) in [4.78, 5) is 12.5. The van der Waals surface area contributed by atoms with Gasteiger partial charge in [-0.05, 0) is 23.3 Å². The molecule has 0 bridgehead atoms. The van der Waals surface area contributed by atoms with Gasteiger partial charge in [0.1, 0.15) is 0 Å². The van der Waals surface area contributed by atoms with Crippen LogP contribution < -0.4 is 0 Å². The lowest BCUT2D eigenvalue weighted by Crippen LogP contribution is -2.37. The van der Waals surface area contributed by atoms with Crippen LogP contribution in [0, 0.1) is 0 Å². The first-order valence-corrected chi connectivity index (χ1v) is 4.99. The van der Waals surface area contributed by atoms with Crippen LogP contribution in [0.3, 0.4) is 0 Å². The molecule has 1 aromatic carbocycles. The first-order valence-electron chi connectivity index (χ1n) is 4.55. The number of carbonyl (C=O) groups excluding carboxylic acids is 1. The fraction of sp³-hybridized carbons (Fsp3) is 0.300. The zero-order valence-corrected chi connectivity index (χ0v) is 8.98. The SMILES string of the molecule is O=C(N1Cc2ccc(S)cc2C1)C(F)(F)F. The molecule has 0 spiro atoms. The third-order valence-electron chi connectivity index (χ3n) is 2.44. The van der Waals surface area contributed by atoms with Crippen LogP contribution in [0.5, 0.6) is 0 Å². The average molecular weight is 247 g/mol. The minimum atomic E-state index is -4.80. The van der Waals surface area contributed by atoms with E-state index in [1.54, 1.807) is 18.2 Å². The van der Waals surface area contributed by atoms with E-state index >= 15 is 0 Å². The lowest BCUT2D eigenvalue weighted by molar-refractivity contribution is -0.186. The summed E-state index contributed by atoms with van der Waals surface area (Å²) in [6, 6.07) is 5.08. The molecule has 0 fully saturated rings. The van der Waals surface area contributed by atoms with Gasteiger partial charge < -0.3 is 4.90 Å². The third kappa shape index (κ3) is 2.02. The van der Waals surface area contributed by atoms with Crippen molar-refractivity contribution in [2.24, 2.45) is 0 Å². The molecule has 1 aliphatic rings. The zero-order valence-electron chi connectivity index (χ0n) is 8.08. The van der Waals surface area contributed by atoms with Crippen molar-refractivity contribution in [1.82, 2.24) is 4.90 Å². The van der Waals surface area contributed by atoms with Gasteiger partial charge in [-0.2, -0.15) is 13.2 Å². The molecule has 6 heteroatoms. The van der Waals surface area contributed by atoms with Gasteiger partial charge in [-0.3, -0.25) is 4.79 Å². The van der Waals surface area contributed by atoms with Gasteiger partial charge in [0.05, 0.1) is 0 Å². The Morgan fingerprint density at radius 3 is 2.50 bits per heavy atom. The number of halogens is 3. The number of amides is 1. The standard InChI is InChI=1S/C10H8F3NOS/c11-10(12,13)9(15)14-4-6-1-2-8(16)3-7(6)5-14/h1-3,16H,4-5H2. The second-order valence-corrected chi connectivity index (χ2v) is 4.13. The van der Waals surface area contributed by atoms with Crippen molar-refractivity contribution in [2.75, 3.05) is 0 Å². The number of benzene rings is 1. The van der Waals surface area contributed by atoms with Gasteiger partial charge >= 0.3 is 12.1 Å². The number of hydrogen-bond donors (Lipinski definition) is 1. The molecule has 2 nitrogen and oxygen atoms in total. The number of rotatable bonds is 0. The van der Waals surface area contributed by atoms with E-state index in [1.165, 1.54) is 0 Å². The largest absolute Gasteiger partial charge is 0.471 e. The van der Waals surface area contributed by atoms with Crippen molar-refractivity contribution in [1.29, 1.82) is 0 Å². The Balaban J connectivity index is 2.20. The molecule has 2 rings (SSSR count). The number of nitrogens with zero attached hydrogens (tertiary/aromatic N) is 1.